The SMILES string of the molecule is C=Cc1ccc(Oc2ccc(C3(c4cc(C)ccc4C)c4ccccc4-c4ccc(-c5cccc(N(c6ccc(F)cc6)c6ccc7oc8ccc(N(c9ccc(F)cc9)c9cccc(-c%10ccc%11c(c%10)C(c%10ccc(Oc%12ccc(C=C)cc%12)cc%10)(c%10cc(C)ccc%10C)c%10ccccc%10-%11)c9)cc8c7c6)c5)cc43)cc2)cc1. The van der Waals surface area contributed by atoms with Gasteiger partial charge in [-0.25, -0.2) is 8.78 Å². The van der Waals surface area contributed by atoms with Crippen LogP contribution in [0.15, 0.2) is 369 Å². The number of hydrogen-bond acceptors (Lipinski definition) is 5. The first-order chi connectivity index (χ1) is 55.3. The number of fused-ring (bicyclic) bond motifs is 9. The number of benzene rings is 16. The van der Waals surface area contributed by atoms with Crippen LogP contribution in [0.4, 0.5) is 42.9 Å². The zero-order valence-electron chi connectivity index (χ0n) is 62.9. The number of halogens is 2. The second kappa shape index (κ2) is 28.1. The Balaban J connectivity index is 0.702. The van der Waals surface area contributed by atoms with Gasteiger partial charge < -0.3 is 23.7 Å². The highest BCUT2D eigenvalue weighted by Gasteiger charge is 2.49. The highest BCUT2D eigenvalue weighted by molar-refractivity contribution is 6.08. The van der Waals surface area contributed by atoms with Crippen LogP contribution in [0, 0.1) is 39.3 Å². The molecule has 0 saturated carbocycles. The Morgan fingerprint density at radius 2 is 0.646 bits per heavy atom. The minimum Gasteiger partial charge on any atom is -0.457 e. The predicted octanol–water partition coefficient (Wildman–Crippen LogP) is 29.0. The zero-order chi connectivity index (χ0) is 76.6. The monoisotopic (exact) mass is 1460 g/mol. The molecule has 16 aromatic carbocycles. The first-order valence-corrected chi connectivity index (χ1v) is 38.2. The van der Waals surface area contributed by atoms with Crippen LogP contribution in [0.2, 0.25) is 0 Å². The molecule has 1 aromatic heterocycles. The maximum Gasteiger partial charge on any atom is 0.135 e. The number of rotatable bonds is 18. The molecule has 1 heterocycles. The maximum absolute atomic E-state index is 15.2. The van der Waals surface area contributed by atoms with E-state index in [1.807, 2.05) is 97.1 Å². The van der Waals surface area contributed by atoms with Crippen molar-refractivity contribution in [1.82, 2.24) is 0 Å². The van der Waals surface area contributed by atoms with Crippen molar-refractivity contribution in [2.75, 3.05) is 9.80 Å². The van der Waals surface area contributed by atoms with E-state index in [2.05, 4.69) is 293 Å². The van der Waals surface area contributed by atoms with Gasteiger partial charge in [-0.1, -0.05) is 218 Å². The molecule has 0 radical (unpaired) electrons. The summed E-state index contributed by atoms with van der Waals surface area (Å²) in [5, 5.41) is 1.76. The van der Waals surface area contributed by atoms with Crippen LogP contribution >= 0.6 is 0 Å². The summed E-state index contributed by atoms with van der Waals surface area (Å²) in [6.07, 6.45) is 3.66. The molecule has 2 atom stereocenters. The van der Waals surface area contributed by atoms with Crippen LogP contribution in [0.3, 0.4) is 0 Å². The highest BCUT2D eigenvalue weighted by atomic mass is 19.1. The number of aryl methyl sites for hydroxylation is 4. The van der Waals surface area contributed by atoms with Crippen LogP contribution in [0.1, 0.15) is 77.9 Å². The van der Waals surface area contributed by atoms with E-state index in [1.165, 1.54) is 102 Å². The predicted molar refractivity (Wildman–Crippen MR) is 461 cm³/mol. The average Bonchev–Trinajstić information content (AvgIpc) is 1.54. The molecule has 0 spiro atoms. The maximum atomic E-state index is 15.2. The quantitative estimate of drug-likeness (QED) is 0.0856. The molecule has 0 fully saturated rings. The van der Waals surface area contributed by atoms with Crippen LogP contribution in [-0.4, -0.2) is 0 Å². The molecular formula is C106H76F2N2O3. The lowest BCUT2D eigenvalue weighted by molar-refractivity contribution is 0.482. The third-order valence-corrected chi connectivity index (χ3v) is 23.0. The molecule has 2 aliphatic rings. The number of nitrogens with zero attached hydrogens (tertiary/aromatic N) is 2. The van der Waals surface area contributed by atoms with Crippen molar-refractivity contribution in [1.29, 1.82) is 0 Å². The van der Waals surface area contributed by atoms with Gasteiger partial charge in [0.15, 0.2) is 0 Å². The summed E-state index contributed by atoms with van der Waals surface area (Å²) in [7, 11) is 0. The number of ether oxygens (including phenoxy) is 2. The highest BCUT2D eigenvalue weighted by Crippen LogP contribution is 2.60. The number of furan rings is 1. The molecule has 0 bridgehead atoms. The van der Waals surface area contributed by atoms with Gasteiger partial charge in [0, 0.05) is 44.9 Å². The zero-order valence-corrected chi connectivity index (χ0v) is 62.9. The molecule has 0 aliphatic heterocycles. The van der Waals surface area contributed by atoms with E-state index in [-0.39, 0.29) is 11.6 Å². The largest absolute Gasteiger partial charge is 0.457 e. The summed E-state index contributed by atoms with van der Waals surface area (Å²) in [5.74, 6) is 2.31. The minimum atomic E-state index is -0.705. The number of anilines is 6. The molecule has 5 nitrogen and oxygen atoms in total. The normalized spacial score (nSPS) is 14.4. The summed E-state index contributed by atoms with van der Waals surface area (Å²) in [5.41, 5.74) is 30.0. The Morgan fingerprint density at radius 1 is 0.292 bits per heavy atom. The lowest BCUT2D eigenvalue weighted by Gasteiger charge is -2.35. The van der Waals surface area contributed by atoms with Gasteiger partial charge in [-0.05, 0) is 309 Å². The van der Waals surface area contributed by atoms with Crippen molar-refractivity contribution in [3.05, 3.63) is 455 Å². The van der Waals surface area contributed by atoms with E-state index < -0.39 is 10.8 Å². The van der Waals surface area contributed by atoms with E-state index in [0.29, 0.717) is 11.2 Å². The van der Waals surface area contributed by atoms with Crippen molar-refractivity contribution < 1.29 is 22.7 Å². The van der Waals surface area contributed by atoms with Crippen LogP contribution < -0.4 is 19.3 Å². The van der Waals surface area contributed by atoms with Gasteiger partial charge in [0.25, 0.3) is 0 Å². The molecule has 0 amide bonds. The average molecular weight is 1460 g/mol. The second-order valence-electron chi connectivity index (χ2n) is 29.7. The fraction of sp³-hybridized carbons (Fsp3) is 0.0566. The van der Waals surface area contributed by atoms with Crippen LogP contribution in [0.5, 0.6) is 23.0 Å². The summed E-state index contributed by atoms with van der Waals surface area (Å²) in [6, 6.07) is 121. The van der Waals surface area contributed by atoms with E-state index in [1.54, 1.807) is 0 Å². The van der Waals surface area contributed by atoms with E-state index in [0.717, 1.165) is 112 Å². The van der Waals surface area contributed by atoms with Gasteiger partial charge >= 0.3 is 0 Å². The fourth-order valence-corrected chi connectivity index (χ4v) is 17.6. The summed E-state index contributed by atoms with van der Waals surface area (Å²) in [4.78, 5) is 4.37. The van der Waals surface area contributed by atoms with Gasteiger partial charge in [-0.2, -0.15) is 0 Å². The molecule has 19 rings (SSSR count). The first-order valence-electron chi connectivity index (χ1n) is 38.2. The smallest absolute Gasteiger partial charge is 0.135 e. The third kappa shape index (κ3) is 12.0. The summed E-state index contributed by atoms with van der Waals surface area (Å²) >= 11 is 0. The molecule has 2 unspecified atom stereocenters. The van der Waals surface area contributed by atoms with Gasteiger partial charge in [0.1, 0.15) is 45.8 Å². The molecule has 7 heteroatoms. The van der Waals surface area contributed by atoms with Crippen LogP contribution in [-0.2, 0) is 10.8 Å². The lowest BCUT2D eigenvalue weighted by atomic mass is 9.66. The Kier molecular flexibility index (Phi) is 17.2. The molecule has 17 aromatic rings. The van der Waals surface area contributed by atoms with E-state index in [4.69, 9.17) is 13.9 Å². The summed E-state index contributed by atoms with van der Waals surface area (Å²) < 4.78 is 50.1. The Bertz CT molecular complexity index is 6200. The second-order valence-corrected chi connectivity index (χ2v) is 29.7. The van der Waals surface area contributed by atoms with Crippen LogP contribution in [0.25, 0.3) is 78.6 Å². The van der Waals surface area contributed by atoms with E-state index >= 15 is 8.78 Å². The van der Waals surface area contributed by atoms with E-state index in [9.17, 15) is 0 Å². The van der Waals surface area contributed by atoms with Crippen molar-refractivity contribution in [2.24, 2.45) is 0 Å². The lowest BCUT2D eigenvalue weighted by Crippen LogP contribution is -2.29. The number of hydrogen-bond donors (Lipinski definition) is 0. The molecule has 2 aliphatic carbocycles. The molecular weight excluding hydrogens is 1390 g/mol. The first kappa shape index (κ1) is 69.3. The van der Waals surface area contributed by atoms with Crippen molar-refractivity contribution in [2.45, 2.75) is 38.5 Å². The third-order valence-electron chi connectivity index (χ3n) is 23.0. The van der Waals surface area contributed by atoms with Crippen molar-refractivity contribution in [3.8, 4) is 67.5 Å². The van der Waals surface area contributed by atoms with Crippen molar-refractivity contribution in [3.63, 3.8) is 0 Å². The molecule has 113 heavy (non-hydrogen) atoms. The van der Waals surface area contributed by atoms with Gasteiger partial charge in [-0.15, -0.1) is 0 Å². The molecule has 0 N–H and O–H groups in total. The summed E-state index contributed by atoms with van der Waals surface area (Å²) in [6.45, 7) is 16.6. The fourth-order valence-electron chi connectivity index (χ4n) is 17.6. The molecule has 542 valence electrons. The topological polar surface area (TPSA) is 38.1 Å². The molecule has 0 saturated heterocycles. The Hall–Kier alpha value is -14.1. The van der Waals surface area contributed by atoms with Gasteiger partial charge in [-0.3, -0.25) is 0 Å². The Labute approximate surface area is 657 Å². The van der Waals surface area contributed by atoms with Crippen molar-refractivity contribution >= 4 is 68.2 Å². The van der Waals surface area contributed by atoms with Gasteiger partial charge in [0.05, 0.1) is 10.8 Å². The van der Waals surface area contributed by atoms with Gasteiger partial charge in [0.2, 0.25) is 0 Å². The minimum absolute atomic E-state index is 0.334. The Morgan fingerprint density at radius 3 is 1.04 bits per heavy atom. The standard InChI is InChI=1S/C106H76F2N2O3/c1-7-71-27-47-87(48-28-71)111-89-51-33-77(34-52-89)105(99-59-67(3)23-25-69(99)5)97-21-11-9-19-91(97)93-55-31-75(63-101(93)105)73-15-13-17-83(61-73)109(81-41-37-79(107)38-42-81)85-45-57-103-95(65-85)96-66-86(46-58-104(96)113-103)110(82-43-39-80(108)40-44-82)84-18-14-16-74(62-84)76-32-56-94-92-20-10-12-22-98(92)106(102(94)64-76,100-60-68(4)24-26-70(100)6)78-35-53-90(54-36-78)112-88-49-29-72(8-2)30-50-88/h7-66H,1-2H2,3-6H3.